The molecule has 0 saturated carbocycles. The third-order valence-electron chi connectivity index (χ3n) is 4.32. The van der Waals surface area contributed by atoms with Crippen LogP contribution in [0.4, 0.5) is 5.69 Å². The van der Waals surface area contributed by atoms with E-state index in [1.807, 2.05) is 13.8 Å². The van der Waals surface area contributed by atoms with E-state index in [9.17, 15) is 13.2 Å². The minimum Gasteiger partial charge on any atom is -0.373 e. The van der Waals surface area contributed by atoms with Crippen molar-refractivity contribution in [3.63, 3.8) is 0 Å². The highest BCUT2D eigenvalue weighted by atomic mass is 35.5. The van der Waals surface area contributed by atoms with Gasteiger partial charge in [0.25, 0.3) is 5.91 Å². The molecule has 6 nitrogen and oxygen atoms in total. The Morgan fingerprint density at radius 3 is 2.29 bits per heavy atom. The maximum Gasteiger partial charge on any atom is 0.255 e. The molecule has 1 saturated heterocycles. The summed E-state index contributed by atoms with van der Waals surface area (Å²) in [6.07, 6.45) is -0.350. The number of benzene rings is 2. The van der Waals surface area contributed by atoms with Gasteiger partial charge in [0.2, 0.25) is 10.0 Å². The molecule has 1 amide bonds. The first-order valence-electron chi connectivity index (χ1n) is 8.69. The van der Waals surface area contributed by atoms with Gasteiger partial charge < -0.3 is 10.1 Å². The van der Waals surface area contributed by atoms with Crippen LogP contribution in [0.25, 0.3) is 0 Å². The van der Waals surface area contributed by atoms with Gasteiger partial charge in [-0.15, -0.1) is 0 Å². The van der Waals surface area contributed by atoms with Crippen molar-refractivity contribution in [2.45, 2.75) is 31.0 Å². The molecule has 1 aliphatic heterocycles. The Morgan fingerprint density at radius 2 is 1.68 bits per heavy atom. The van der Waals surface area contributed by atoms with E-state index in [0.717, 1.165) is 0 Å². The first-order chi connectivity index (χ1) is 13.2. The van der Waals surface area contributed by atoms with Crippen LogP contribution in [0.3, 0.4) is 0 Å². The predicted octanol–water partition coefficient (Wildman–Crippen LogP) is 4.04. The van der Waals surface area contributed by atoms with Gasteiger partial charge >= 0.3 is 0 Å². The number of amides is 1. The number of rotatable bonds is 4. The molecular formula is C19H20Cl2N2O4S. The number of sulfonamides is 1. The highest BCUT2D eigenvalue weighted by Gasteiger charge is 2.32. The zero-order valence-electron chi connectivity index (χ0n) is 15.4. The van der Waals surface area contributed by atoms with Crippen LogP contribution in [-0.4, -0.2) is 43.9 Å². The third-order valence-corrected chi connectivity index (χ3v) is 6.73. The second kappa shape index (κ2) is 8.39. The molecule has 2 aromatic carbocycles. The fourth-order valence-corrected chi connectivity index (χ4v) is 4.97. The van der Waals surface area contributed by atoms with Crippen LogP contribution >= 0.6 is 23.2 Å². The van der Waals surface area contributed by atoms with Crippen LogP contribution in [-0.2, 0) is 14.8 Å². The standard InChI is InChI=1S/C19H20Cl2N2O4S/c1-12-10-23(11-13(2)27-12)28(25,26)16-6-3-14(4-7-16)19(24)22-18-9-15(20)5-8-17(18)21/h3-9,12-13H,10-11H2,1-2H3,(H,22,24). The van der Waals surface area contributed by atoms with Crippen LogP contribution in [0.15, 0.2) is 47.4 Å². The number of carbonyl (C=O) groups is 1. The van der Waals surface area contributed by atoms with Crippen LogP contribution in [0.1, 0.15) is 24.2 Å². The molecular weight excluding hydrogens is 423 g/mol. The van der Waals surface area contributed by atoms with Crippen LogP contribution < -0.4 is 5.32 Å². The molecule has 2 atom stereocenters. The molecule has 0 aliphatic carbocycles. The van der Waals surface area contributed by atoms with Gasteiger partial charge in [-0.2, -0.15) is 4.31 Å². The maximum absolute atomic E-state index is 12.9. The zero-order valence-corrected chi connectivity index (χ0v) is 17.7. The van der Waals surface area contributed by atoms with E-state index in [2.05, 4.69) is 5.32 Å². The Balaban J connectivity index is 1.77. The molecule has 9 heteroatoms. The van der Waals surface area contributed by atoms with E-state index in [1.54, 1.807) is 18.2 Å². The highest BCUT2D eigenvalue weighted by molar-refractivity contribution is 7.89. The molecule has 0 bridgehead atoms. The summed E-state index contributed by atoms with van der Waals surface area (Å²) < 4.78 is 32.7. The van der Waals surface area contributed by atoms with E-state index in [-0.39, 0.29) is 17.1 Å². The third kappa shape index (κ3) is 4.67. The summed E-state index contributed by atoms with van der Waals surface area (Å²) in [7, 11) is -3.66. The van der Waals surface area contributed by atoms with Crippen molar-refractivity contribution in [3.05, 3.63) is 58.1 Å². The van der Waals surface area contributed by atoms with E-state index in [0.29, 0.717) is 34.4 Å². The Morgan fingerprint density at radius 1 is 1.07 bits per heavy atom. The van der Waals surface area contributed by atoms with Gasteiger partial charge in [0.05, 0.1) is 27.8 Å². The lowest BCUT2D eigenvalue weighted by atomic mass is 10.2. The largest absolute Gasteiger partial charge is 0.373 e. The van der Waals surface area contributed by atoms with E-state index in [1.165, 1.54) is 28.6 Å². The number of hydrogen-bond donors (Lipinski definition) is 1. The molecule has 150 valence electrons. The molecule has 0 spiro atoms. The number of morpholine rings is 1. The zero-order chi connectivity index (χ0) is 20.5. The monoisotopic (exact) mass is 442 g/mol. The predicted molar refractivity (Wildman–Crippen MR) is 110 cm³/mol. The molecule has 2 unspecified atom stereocenters. The number of nitrogens with one attached hydrogen (secondary N) is 1. The van der Waals surface area contributed by atoms with E-state index < -0.39 is 15.9 Å². The number of anilines is 1. The van der Waals surface area contributed by atoms with Crippen LogP contribution in [0.5, 0.6) is 0 Å². The molecule has 1 fully saturated rings. The molecule has 3 rings (SSSR count). The lowest BCUT2D eigenvalue weighted by Crippen LogP contribution is -2.48. The van der Waals surface area contributed by atoms with Crippen molar-refractivity contribution in [1.82, 2.24) is 4.31 Å². The molecule has 1 N–H and O–H groups in total. The van der Waals surface area contributed by atoms with Gasteiger partial charge in [-0.05, 0) is 56.3 Å². The normalized spacial score (nSPS) is 20.7. The van der Waals surface area contributed by atoms with Crippen molar-refractivity contribution in [2.75, 3.05) is 18.4 Å². The van der Waals surface area contributed by atoms with E-state index in [4.69, 9.17) is 27.9 Å². The molecule has 28 heavy (non-hydrogen) atoms. The van der Waals surface area contributed by atoms with Gasteiger partial charge in [-0.1, -0.05) is 23.2 Å². The van der Waals surface area contributed by atoms with Gasteiger partial charge in [0.1, 0.15) is 0 Å². The van der Waals surface area contributed by atoms with Gasteiger partial charge in [0, 0.05) is 23.7 Å². The number of ether oxygens (including phenoxy) is 1. The van der Waals surface area contributed by atoms with Crippen molar-refractivity contribution in [1.29, 1.82) is 0 Å². The summed E-state index contributed by atoms with van der Waals surface area (Å²) in [5.41, 5.74) is 0.686. The number of hydrogen-bond acceptors (Lipinski definition) is 4. The van der Waals surface area contributed by atoms with Gasteiger partial charge in [-0.25, -0.2) is 8.42 Å². The van der Waals surface area contributed by atoms with Crippen molar-refractivity contribution < 1.29 is 17.9 Å². The first-order valence-corrected chi connectivity index (χ1v) is 10.9. The Kier molecular flexibility index (Phi) is 6.31. The van der Waals surface area contributed by atoms with Crippen LogP contribution in [0.2, 0.25) is 10.0 Å². The summed E-state index contributed by atoms with van der Waals surface area (Å²) in [5.74, 6) is -0.415. The second-order valence-corrected chi connectivity index (χ2v) is 9.46. The average Bonchev–Trinajstić information content (AvgIpc) is 2.64. The Bertz CT molecular complexity index is 970. The van der Waals surface area contributed by atoms with Crippen LogP contribution in [0, 0.1) is 0 Å². The lowest BCUT2D eigenvalue weighted by molar-refractivity contribution is -0.0440. The minimum atomic E-state index is -3.66. The highest BCUT2D eigenvalue weighted by Crippen LogP contribution is 2.26. The fraction of sp³-hybridized carbons (Fsp3) is 0.316. The second-order valence-electron chi connectivity index (χ2n) is 6.68. The van der Waals surface area contributed by atoms with Gasteiger partial charge in [-0.3, -0.25) is 4.79 Å². The topological polar surface area (TPSA) is 75.7 Å². The summed E-state index contributed by atoms with van der Waals surface area (Å²) in [6, 6.07) is 10.5. The molecule has 0 aromatic heterocycles. The van der Waals surface area contributed by atoms with E-state index >= 15 is 0 Å². The number of carbonyl (C=O) groups excluding carboxylic acids is 1. The Hall–Kier alpha value is -1.64. The summed E-state index contributed by atoms with van der Waals surface area (Å²) in [5, 5.41) is 3.46. The SMILES string of the molecule is CC1CN(S(=O)(=O)c2ccc(C(=O)Nc3cc(Cl)ccc3Cl)cc2)CC(C)O1. The maximum atomic E-state index is 12.9. The molecule has 2 aromatic rings. The first kappa shape index (κ1) is 21.1. The van der Waals surface area contributed by atoms with Crippen molar-refractivity contribution >= 4 is 44.8 Å². The number of nitrogens with zero attached hydrogens (tertiary/aromatic N) is 1. The summed E-state index contributed by atoms with van der Waals surface area (Å²) in [4.78, 5) is 12.6. The fourth-order valence-electron chi connectivity index (χ4n) is 3.04. The molecule has 1 heterocycles. The number of halogens is 2. The minimum absolute atomic E-state index is 0.131. The lowest BCUT2D eigenvalue weighted by Gasteiger charge is -2.34. The van der Waals surface area contributed by atoms with Crippen molar-refractivity contribution in [3.8, 4) is 0 Å². The average molecular weight is 443 g/mol. The quantitative estimate of drug-likeness (QED) is 0.774. The summed E-state index contributed by atoms with van der Waals surface area (Å²) in [6.45, 7) is 4.27. The Labute approximate surface area is 174 Å². The van der Waals surface area contributed by atoms with Crippen molar-refractivity contribution in [2.24, 2.45) is 0 Å². The molecule has 0 radical (unpaired) electrons. The van der Waals surface area contributed by atoms with Gasteiger partial charge in [0.15, 0.2) is 0 Å². The molecule has 1 aliphatic rings. The summed E-state index contributed by atoms with van der Waals surface area (Å²) >= 11 is 12.0. The smallest absolute Gasteiger partial charge is 0.255 e.